The van der Waals surface area contributed by atoms with Crippen molar-refractivity contribution in [3.63, 3.8) is 0 Å². The number of carbonyl (C=O) groups is 1. The highest BCUT2D eigenvalue weighted by Crippen LogP contribution is 2.39. The van der Waals surface area contributed by atoms with Crippen molar-refractivity contribution in [2.24, 2.45) is 0 Å². The highest BCUT2D eigenvalue weighted by molar-refractivity contribution is 7.89. The first kappa shape index (κ1) is 30.5. The second-order valence-corrected chi connectivity index (χ2v) is 12.9. The van der Waals surface area contributed by atoms with Crippen LogP contribution in [0.3, 0.4) is 0 Å². The van der Waals surface area contributed by atoms with Crippen LogP contribution in [0.5, 0.6) is 5.75 Å². The van der Waals surface area contributed by atoms with Crippen LogP contribution in [0.4, 0.5) is 13.2 Å². The normalized spacial score (nSPS) is 16.1. The van der Waals surface area contributed by atoms with Gasteiger partial charge in [0.1, 0.15) is 11.4 Å². The number of hydrogen-bond donors (Lipinski definition) is 0. The summed E-state index contributed by atoms with van der Waals surface area (Å²) in [5, 5.41) is -0.209. The van der Waals surface area contributed by atoms with E-state index in [1.165, 1.54) is 41.8 Å². The van der Waals surface area contributed by atoms with Gasteiger partial charge in [0.25, 0.3) is 10.0 Å². The van der Waals surface area contributed by atoms with E-state index >= 15 is 0 Å². The van der Waals surface area contributed by atoms with Crippen LogP contribution in [0.15, 0.2) is 65.8 Å². The average Bonchev–Trinajstić information content (AvgIpc) is 3.13. The molecule has 0 fully saturated rings. The number of nitrogens with zero attached hydrogens (tertiary/aromatic N) is 2. The zero-order valence-corrected chi connectivity index (χ0v) is 24.2. The van der Waals surface area contributed by atoms with Crippen LogP contribution in [0.2, 0.25) is 0 Å². The third-order valence-electron chi connectivity index (χ3n) is 6.79. The molecule has 41 heavy (non-hydrogen) atoms. The lowest BCUT2D eigenvalue weighted by Crippen LogP contribution is -2.32. The fourth-order valence-corrected chi connectivity index (χ4v) is 6.15. The van der Waals surface area contributed by atoms with E-state index in [0.717, 1.165) is 36.1 Å². The number of halogens is 3. The van der Waals surface area contributed by atoms with Gasteiger partial charge in [-0.2, -0.15) is 17.5 Å². The smallest absolute Gasteiger partial charge is 0.416 e. The van der Waals surface area contributed by atoms with Crippen LogP contribution in [0.25, 0.3) is 11.1 Å². The zero-order valence-electron chi connectivity index (χ0n) is 23.4. The molecule has 1 unspecified atom stereocenters. The first-order valence-electron chi connectivity index (χ1n) is 13.2. The van der Waals surface area contributed by atoms with Gasteiger partial charge >= 0.3 is 12.1 Å². The van der Waals surface area contributed by atoms with Gasteiger partial charge in [0.2, 0.25) is 0 Å². The first-order valence-corrected chi connectivity index (χ1v) is 14.7. The quantitative estimate of drug-likeness (QED) is 0.228. The number of benzene rings is 2. The molecule has 0 saturated heterocycles. The molecule has 1 heterocycles. The minimum absolute atomic E-state index is 0.209. The van der Waals surface area contributed by atoms with Crippen molar-refractivity contribution in [1.29, 1.82) is 0 Å². The lowest BCUT2D eigenvalue weighted by molar-refractivity contribution is -0.157. The number of esters is 1. The van der Waals surface area contributed by atoms with Crippen LogP contribution in [0.1, 0.15) is 62.8 Å². The molecule has 0 aliphatic heterocycles. The summed E-state index contributed by atoms with van der Waals surface area (Å²) in [6.45, 7) is 5.05. The maximum Gasteiger partial charge on any atom is 0.416 e. The van der Waals surface area contributed by atoms with Gasteiger partial charge in [-0.15, -0.1) is 0 Å². The van der Waals surface area contributed by atoms with Crippen molar-refractivity contribution in [2.75, 3.05) is 13.7 Å². The lowest BCUT2D eigenvalue weighted by Gasteiger charge is -2.28. The molecule has 220 valence electrons. The number of fused-ring (bicyclic) bond motifs is 1. The topological polar surface area (TPSA) is 85.8 Å². The number of aromatic nitrogens is 1. The molecule has 1 aromatic heterocycles. The first-order chi connectivity index (χ1) is 19.2. The Kier molecular flexibility index (Phi) is 8.79. The van der Waals surface area contributed by atoms with E-state index in [0.29, 0.717) is 24.2 Å². The SMILES string of the molecule is CN(C1CCCCc2c(OCC(=O)OC(C)(C)C)cccc21)S(=O)(=O)c1ccc(-c2cccc(C(F)(F)F)c2)cn1. The largest absolute Gasteiger partial charge is 0.482 e. The van der Waals surface area contributed by atoms with Gasteiger partial charge in [-0.05, 0) is 87.1 Å². The van der Waals surface area contributed by atoms with Crippen molar-refractivity contribution in [1.82, 2.24) is 9.29 Å². The Balaban J connectivity index is 1.58. The van der Waals surface area contributed by atoms with Crippen molar-refractivity contribution in [3.8, 4) is 16.9 Å². The second kappa shape index (κ2) is 11.8. The molecular weight excluding hydrogens is 557 g/mol. The Morgan fingerprint density at radius 1 is 1.02 bits per heavy atom. The van der Waals surface area contributed by atoms with E-state index in [4.69, 9.17) is 9.47 Å². The van der Waals surface area contributed by atoms with Gasteiger partial charge in [0.05, 0.1) is 11.6 Å². The highest BCUT2D eigenvalue weighted by atomic mass is 32.2. The van der Waals surface area contributed by atoms with Crippen molar-refractivity contribution in [2.45, 2.75) is 69.3 Å². The molecule has 3 aromatic rings. The zero-order chi connectivity index (χ0) is 30.0. The summed E-state index contributed by atoms with van der Waals surface area (Å²) in [7, 11) is -2.57. The van der Waals surface area contributed by atoms with Crippen LogP contribution in [-0.2, 0) is 32.2 Å². The van der Waals surface area contributed by atoms with E-state index in [1.54, 1.807) is 32.9 Å². The summed E-state index contributed by atoms with van der Waals surface area (Å²) in [5.74, 6) is 0.00856. The monoisotopic (exact) mass is 590 g/mol. The summed E-state index contributed by atoms with van der Waals surface area (Å²) in [6, 6.07) is 12.4. The molecule has 0 saturated carbocycles. The minimum atomic E-state index is -4.49. The van der Waals surface area contributed by atoms with Gasteiger partial charge in [-0.25, -0.2) is 18.2 Å². The maximum atomic E-state index is 13.6. The predicted octanol–water partition coefficient (Wildman–Crippen LogP) is 6.58. The fraction of sp³-hybridized carbons (Fsp3) is 0.400. The summed E-state index contributed by atoms with van der Waals surface area (Å²) in [5.41, 5.74) is 0.831. The molecule has 0 amide bonds. The number of pyridine rings is 1. The highest BCUT2D eigenvalue weighted by Gasteiger charge is 2.34. The molecule has 1 atom stereocenters. The third kappa shape index (κ3) is 7.26. The summed E-state index contributed by atoms with van der Waals surface area (Å²) < 4.78 is 79.1. The van der Waals surface area contributed by atoms with Gasteiger partial charge in [-0.1, -0.05) is 30.7 Å². The average molecular weight is 591 g/mol. The number of rotatable bonds is 7. The summed E-state index contributed by atoms with van der Waals surface area (Å²) in [4.78, 5) is 16.3. The molecule has 1 aliphatic carbocycles. The Hall–Kier alpha value is -3.44. The summed E-state index contributed by atoms with van der Waals surface area (Å²) >= 11 is 0. The molecule has 4 rings (SSSR count). The van der Waals surface area contributed by atoms with Crippen LogP contribution < -0.4 is 4.74 Å². The Morgan fingerprint density at radius 3 is 2.41 bits per heavy atom. The number of carbonyl (C=O) groups excluding carboxylic acids is 1. The predicted molar refractivity (Wildman–Crippen MR) is 148 cm³/mol. The van der Waals surface area contributed by atoms with Crippen LogP contribution >= 0.6 is 0 Å². The maximum absolute atomic E-state index is 13.6. The van der Waals surface area contributed by atoms with Gasteiger partial charge in [0.15, 0.2) is 11.6 Å². The van der Waals surface area contributed by atoms with Crippen molar-refractivity contribution < 1.29 is 35.9 Å². The number of alkyl halides is 3. The molecule has 1 aliphatic rings. The minimum Gasteiger partial charge on any atom is -0.482 e. The molecule has 11 heteroatoms. The Bertz CT molecular complexity index is 1500. The van der Waals surface area contributed by atoms with E-state index in [9.17, 15) is 26.4 Å². The van der Waals surface area contributed by atoms with E-state index in [1.807, 2.05) is 6.07 Å². The van der Waals surface area contributed by atoms with Crippen LogP contribution in [-0.4, -0.2) is 42.9 Å². The molecule has 7 nitrogen and oxygen atoms in total. The third-order valence-corrected chi connectivity index (χ3v) is 8.57. The lowest BCUT2D eigenvalue weighted by atomic mass is 9.98. The van der Waals surface area contributed by atoms with Crippen LogP contribution in [0, 0.1) is 0 Å². The van der Waals surface area contributed by atoms with Crippen molar-refractivity contribution in [3.05, 3.63) is 77.5 Å². The second-order valence-electron chi connectivity index (χ2n) is 10.9. The fourth-order valence-electron chi connectivity index (χ4n) is 4.87. The molecular formula is C30H33F3N2O5S. The molecule has 0 spiro atoms. The molecule has 2 aromatic carbocycles. The van der Waals surface area contributed by atoms with E-state index in [2.05, 4.69) is 4.98 Å². The number of sulfonamides is 1. The summed E-state index contributed by atoms with van der Waals surface area (Å²) in [6.07, 6.45) is -0.416. The molecule has 0 bridgehead atoms. The van der Waals surface area contributed by atoms with E-state index < -0.39 is 39.4 Å². The molecule has 0 radical (unpaired) electrons. The Labute approximate surface area is 238 Å². The van der Waals surface area contributed by atoms with E-state index in [-0.39, 0.29) is 17.2 Å². The standard InChI is InChI=1S/C30H33F3N2O5S/c1-29(2,3)40-28(36)19-39-26-14-8-12-23-24(26)11-5-6-13-25(23)35(4)41(37,38)27-16-15-21(18-34-27)20-9-7-10-22(17-20)30(31,32)33/h7-10,12,14-18,25H,5-6,11,13,19H2,1-4H3. The van der Waals surface area contributed by atoms with Crippen molar-refractivity contribution >= 4 is 16.0 Å². The van der Waals surface area contributed by atoms with Gasteiger partial charge in [-0.3, -0.25) is 0 Å². The molecule has 0 N–H and O–H groups in total. The number of hydrogen-bond acceptors (Lipinski definition) is 6. The number of ether oxygens (including phenoxy) is 2. The van der Waals surface area contributed by atoms with Gasteiger partial charge < -0.3 is 9.47 Å². The van der Waals surface area contributed by atoms with Gasteiger partial charge in [0, 0.05) is 18.8 Å². The Morgan fingerprint density at radius 2 is 1.76 bits per heavy atom.